The van der Waals surface area contributed by atoms with Gasteiger partial charge in [0.1, 0.15) is 0 Å². The Bertz CT molecular complexity index is 3470. The molecule has 0 spiro atoms. The van der Waals surface area contributed by atoms with Gasteiger partial charge in [-0.3, -0.25) is 0 Å². The van der Waals surface area contributed by atoms with Gasteiger partial charge in [0, 0.05) is 43.8 Å². The highest BCUT2D eigenvalue weighted by molar-refractivity contribution is 7.98. The summed E-state index contributed by atoms with van der Waals surface area (Å²) in [7, 11) is 0. The molecule has 3 heterocycles. The Morgan fingerprint density at radius 3 is 1.87 bits per heavy atom. The highest BCUT2D eigenvalue weighted by atomic mass is 32.2. The van der Waals surface area contributed by atoms with E-state index in [0.29, 0.717) is 17.5 Å². The van der Waals surface area contributed by atoms with Gasteiger partial charge in [-0.25, -0.2) is 15.0 Å². The SMILES string of the molecule is CC1(C)CCC(C)(C)c2cc3c(cc21)c1c2ccccc2ccc1n3-c1cccc(-c2nc(-c3ccccc3)nc(-c3cccc(-c4cccc5c4SCc4ccccc4-5)c3)n2)c1. The normalized spacial score (nSPS) is 15.0. The first-order chi connectivity index (χ1) is 30.7. The first kappa shape index (κ1) is 37.9. The number of rotatable bonds is 5. The lowest BCUT2D eigenvalue weighted by Crippen LogP contribution is -2.33. The third-order valence-electron chi connectivity index (χ3n) is 13.8. The summed E-state index contributed by atoms with van der Waals surface area (Å²) in [5.74, 6) is 2.89. The molecule has 1 aliphatic carbocycles. The Balaban J connectivity index is 1.03. The quantitative estimate of drug-likeness (QED) is 0.173. The van der Waals surface area contributed by atoms with Crippen molar-refractivity contribution in [3.05, 3.63) is 187 Å². The van der Waals surface area contributed by atoms with Crippen molar-refractivity contribution in [2.45, 2.75) is 62.0 Å². The molecule has 5 heteroatoms. The van der Waals surface area contributed by atoms with Crippen LogP contribution < -0.4 is 0 Å². The van der Waals surface area contributed by atoms with Crippen LogP contribution in [-0.4, -0.2) is 19.5 Å². The monoisotopic (exact) mass is 830 g/mol. The van der Waals surface area contributed by atoms with E-state index >= 15 is 0 Å². The summed E-state index contributed by atoms with van der Waals surface area (Å²) in [6.07, 6.45) is 2.33. The Morgan fingerprint density at radius 2 is 1.06 bits per heavy atom. The molecule has 0 fully saturated rings. The van der Waals surface area contributed by atoms with E-state index in [1.165, 1.54) is 77.3 Å². The lowest BCUT2D eigenvalue weighted by Gasteiger charge is -2.42. The molecule has 0 amide bonds. The van der Waals surface area contributed by atoms with Gasteiger partial charge in [-0.2, -0.15) is 0 Å². The fourth-order valence-electron chi connectivity index (χ4n) is 10.3. The van der Waals surface area contributed by atoms with E-state index in [2.05, 4.69) is 184 Å². The van der Waals surface area contributed by atoms with Crippen molar-refractivity contribution in [2.75, 3.05) is 0 Å². The summed E-state index contributed by atoms with van der Waals surface area (Å²) in [6, 6.07) is 61.6. The standard InChI is InChI=1S/C58H46N4S/c1-57(2)29-30-58(3,4)49-34-51-47(33-48(49)57)52-44-24-11-8-15-36(44)27-28-50(52)62(51)42-22-13-21-40(32-42)56-60-54(37-16-6-5-7-17-37)59-55(61-56)39-20-12-19-38(31-39)45-25-14-26-46-43-23-10-9-18-41(43)35-63-53(45)46/h5-28,31-34H,29-30,35H2,1-4H3. The predicted molar refractivity (Wildman–Crippen MR) is 264 cm³/mol. The summed E-state index contributed by atoms with van der Waals surface area (Å²) >= 11 is 1.92. The third kappa shape index (κ3) is 6.24. The fourth-order valence-corrected chi connectivity index (χ4v) is 11.5. The topological polar surface area (TPSA) is 43.6 Å². The first-order valence-electron chi connectivity index (χ1n) is 22.1. The Morgan fingerprint density at radius 1 is 0.460 bits per heavy atom. The molecule has 0 saturated heterocycles. The Hall–Kier alpha value is -6.82. The fraction of sp³-hybridized carbons (Fsp3) is 0.155. The van der Waals surface area contributed by atoms with Crippen LogP contribution in [0.3, 0.4) is 0 Å². The Labute approximate surface area is 372 Å². The highest BCUT2D eigenvalue weighted by Gasteiger charge is 2.38. The zero-order valence-electron chi connectivity index (χ0n) is 36.0. The summed E-state index contributed by atoms with van der Waals surface area (Å²) in [6.45, 7) is 9.67. The smallest absolute Gasteiger partial charge is 0.164 e. The van der Waals surface area contributed by atoms with E-state index in [9.17, 15) is 0 Å². The van der Waals surface area contributed by atoms with Gasteiger partial charge in [0.25, 0.3) is 0 Å². The van der Waals surface area contributed by atoms with Crippen LogP contribution in [0.15, 0.2) is 175 Å². The second-order valence-electron chi connectivity index (χ2n) is 18.6. The van der Waals surface area contributed by atoms with Gasteiger partial charge in [0.05, 0.1) is 11.0 Å². The number of thioether (sulfide) groups is 1. The zero-order chi connectivity index (χ0) is 42.5. The lowest BCUT2D eigenvalue weighted by atomic mass is 9.63. The minimum absolute atomic E-state index is 0.0702. The molecular formula is C58H46N4S. The van der Waals surface area contributed by atoms with Crippen LogP contribution in [0.5, 0.6) is 0 Å². The van der Waals surface area contributed by atoms with Crippen molar-refractivity contribution in [3.8, 4) is 62.1 Å². The molecule has 10 aromatic rings. The number of benzene rings is 8. The molecule has 2 aromatic heterocycles. The molecule has 0 radical (unpaired) electrons. The summed E-state index contributed by atoms with van der Waals surface area (Å²) in [5, 5.41) is 5.12. The molecule has 0 N–H and O–H groups in total. The second-order valence-corrected chi connectivity index (χ2v) is 19.6. The molecule has 0 bridgehead atoms. The van der Waals surface area contributed by atoms with Crippen molar-refractivity contribution >= 4 is 44.3 Å². The van der Waals surface area contributed by atoms with E-state index in [4.69, 9.17) is 15.0 Å². The molecular weight excluding hydrogens is 785 g/mol. The van der Waals surface area contributed by atoms with Crippen molar-refractivity contribution in [1.29, 1.82) is 0 Å². The molecule has 0 atom stereocenters. The zero-order valence-corrected chi connectivity index (χ0v) is 36.8. The molecule has 304 valence electrons. The second kappa shape index (κ2) is 14.4. The van der Waals surface area contributed by atoms with Gasteiger partial charge in [-0.1, -0.05) is 161 Å². The van der Waals surface area contributed by atoms with Crippen molar-refractivity contribution in [2.24, 2.45) is 0 Å². The van der Waals surface area contributed by atoms with Crippen molar-refractivity contribution in [3.63, 3.8) is 0 Å². The third-order valence-corrected chi connectivity index (χ3v) is 15.0. The van der Waals surface area contributed by atoms with E-state index in [1.807, 2.05) is 30.0 Å². The maximum Gasteiger partial charge on any atom is 0.164 e. The molecule has 8 aromatic carbocycles. The van der Waals surface area contributed by atoms with Crippen LogP contribution in [0.4, 0.5) is 0 Å². The average Bonchev–Trinajstić information content (AvgIpc) is 3.67. The van der Waals surface area contributed by atoms with Gasteiger partial charge in [-0.15, -0.1) is 11.8 Å². The minimum atomic E-state index is 0.0702. The van der Waals surface area contributed by atoms with Crippen LogP contribution in [-0.2, 0) is 16.6 Å². The lowest BCUT2D eigenvalue weighted by molar-refractivity contribution is 0.332. The van der Waals surface area contributed by atoms with Crippen LogP contribution >= 0.6 is 11.8 Å². The molecule has 4 nitrogen and oxygen atoms in total. The van der Waals surface area contributed by atoms with Crippen LogP contribution in [0.1, 0.15) is 57.2 Å². The molecule has 63 heavy (non-hydrogen) atoms. The van der Waals surface area contributed by atoms with E-state index in [0.717, 1.165) is 40.1 Å². The van der Waals surface area contributed by atoms with Gasteiger partial charge in [-0.05, 0) is 110 Å². The van der Waals surface area contributed by atoms with E-state index in [-0.39, 0.29) is 10.8 Å². The molecule has 0 saturated carbocycles. The maximum absolute atomic E-state index is 5.30. The summed E-state index contributed by atoms with van der Waals surface area (Å²) in [4.78, 5) is 17.0. The van der Waals surface area contributed by atoms with E-state index < -0.39 is 0 Å². The number of hydrogen-bond acceptors (Lipinski definition) is 4. The number of aromatic nitrogens is 4. The largest absolute Gasteiger partial charge is 0.309 e. The average molecular weight is 831 g/mol. The van der Waals surface area contributed by atoms with Crippen LogP contribution in [0, 0.1) is 0 Å². The minimum Gasteiger partial charge on any atom is -0.309 e. The highest BCUT2D eigenvalue weighted by Crippen LogP contribution is 2.50. The Kier molecular flexibility index (Phi) is 8.64. The number of hydrogen-bond donors (Lipinski definition) is 0. The number of fused-ring (bicyclic) bond motifs is 9. The van der Waals surface area contributed by atoms with Crippen molar-refractivity contribution in [1.82, 2.24) is 19.5 Å². The van der Waals surface area contributed by atoms with Gasteiger partial charge in [0.15, 0.2) is 17.5 Å². The van der Waals surface area contributed by atoms with Crippen LogP contribution in [0.2, 0.25) is 0 Å². The molecule has 12 rings (SSSR count). The first-order valence-corrected chi connectivity index (χ1v) is 23.1. The van der Waals surface area contributed by atoms with E-state index in [1.54, 1.807) is 0 Å². The van der Waals surface area contributed by atoms with Gasteiger partial charge < -0.3 is 4.57 Å². The molecule has 2 aliphatic rings. The van der Waals surface area contributed by atoms with Gasteiger partial charge in [0.2, 0.25) is 0 Å². The predicted octanol–water partition coefficient (Wildman–Crippen LogP) is 15.4. The van der Waals surface area contributed by atoms with Crippen LogP contribution in [0.25, 0.3) is 94.7 Å². The molecule has 1 aliphatic heterocycles. The maximum atomic E-state index is 5.30. The van der Waals surface area contributed by atoms with Crippen molar-refractivity contribution < 1.29 is 0 Å². The molecule has 0 unspecified atom stereocenters. The van der Waals surface area contributed by atoms with Gasteiger partial charge >= 0.3 is 0 Å². The number of nitrogens with zero attached hydrogens (tertiary/aromatic N) is 4. The summed E-state index contributed by atoms with van der Waals surface area (Å²) < 4.78 is 2.47. The summed E-state index contributed by atoms with van der Waals surface area (Å²) in [5.41, 5.74) is 15.8.